The fraction of sp³-hybridized carbons (Fsp3) is 0.333. The van der Waals surface area contributed by atoms with Crippen molar-refractivity contribution in [2.75, 3.05) is 25.0 Å². The lowest BCUT2D eigenvalue weighted by Crippen LogP contribution is -2.48. The third kappa shape index (κ3) is 5.92. The maximum Gasteiger partial charge on any atom is 0.418 e. The van der Waals surface area contributed by atoms with Crippen LogP contribution in [-0.2, 0) is 11.6 Å². The van der Waals surface area contributed by atoms with Crippen LogP contribution in [0.1, 0.15) is 36.0 Å². The Hall–Kier alpha value is -3.28. The average molecular weight is 515 g/mol. The highest BCUT2D eigenvalue weighted by atomic mass is 35.5. The Balaban J connectivity index is 1.49. The van der Waals surface area contributed by atoms with Crippen molar-refractivity contribution in [3.63, 3.8) is 0 Å². The number of carbonyl (C=O) groups excluding carboxylic acids is 1. The lowest BCUT2D eigenvalue weighted by molar-refractivity contribution is -0.136. The molecule has 1 aliphatic heterocycles. The summed E-state index contributed by atoms with van der Waals surface area (Å²) in [5.74, 6) is -0.137. The van der Waals surface area contributed by atoms with Gasteiger partial charge in [-0.15, -0.1) is 0 Å². The Morgan fingerprint density at radius 2 is 1.89 bits per heavy atom. The first-order valence-corrected chi connectivity index (χ1v) is 12.1. The quantitative estimate of drug-likeness (QED) is 0.439. The highest BCUT2D eigenvalue weighted by molar-refractivity contribution is 6.30. The van der Waals surface area contributed by atoms with Crippen molar-refractivity contribution >= 4 is 28.9 Å². The van der Waals surface area contributed by atoms with Crippen molar-refractivity contribution in [1.82, 2.24) is 10.6 Å². The number of nitrogens with zero attached hydrogens (tertiary/aromatic N) is 1. The van der Waals surface area contributed by atoms with E-state index in [1.807, 2.05) is 42.5 Å². The number of allylic oxidation sites excluding steroid dienone is 4. The van der Waals surface area contributed by atoms with Gasteiger partial charge in [-0.05, 0) is 67.3 Å². The van der Waals surface area contributed by atoms with Crippen LogP contribution in [0, 0.1) is 17.2 Å². The molecule has 2 aromatic rings. The van der Waals surface area contributed by atoms with Gasteiger partial charge in [0.25, 0.3) is 0 Å². The van der Waals surface area contributed by atoms with E-state index in [1.54, 1.807) is 0 Å². The molecule has 0 spiro atoms. The van der Waals surface area contributed by atoms with Gasteiger partial charge in [-0.1, -0.05) is 54.1 Å². The van der Waals surface area contributed by atoms with E-state index in [2.05, 4.69) is 22.0 Å². The number of benzene rings is 2. The fourth-order valence-corrected chi connectivity index (χ4v) is 4.94. The zero-order chi connectivity index (χ0) is 25.8. The van der Waals surface area contributed by atoms with Crippen LogP contribution in [0.4, 0.5) is 23.7 Å². The second-order valence-corrected chi connectivity index (χ2v) is 9.56. The lowest BCUT2D eigenvalue weighted by atomic mass is 9.72. The largest absolute Gasteiger partial charge is 0.418 e. The summed E-state index contributed by atoms with van der Waals surface area (Å²) in [5, 5.41) is 17.6. The van der Waals surface area contributed by atoms with Crippen molar-refractivity contribution < 1.29 is 18.0 Å². The predicted molar refractivity (Wildman–Crippen MR) is 135 cm³/mol. The third-order valence-corrected chi connectivity index (χ3v) is 7.03. The standard InChI is InChI=1S/C27H26ClF3N4O/c28-22-8-9-24(23(15-22)27(29,30)31)35-25(36)34-17-26(10-12-33-13-11-26)21-6-4-19(5-7-21)20-3-1-2-18(14-20)16-32/h1-9,15,18,33H,10-14,17H2,(H2,34,35,36). The normalized spacial score (nSPS) is 19.2. The molecule has 0 aromatic heterocycles. The Kier molecular flexibility index (Phi) is 7.72. The Morgan fingerprint density at radius 1 is 1.17 bits per heavy atom. The van der Waals surface area contributed by atoms with E-state index < -0.39 is 17.8 Å². The van der Waals surface area contributed by atoms with Gasteiger partial charge in [0.1, 0.15) is 0 Å². The van der Waals surface area contributed by atoms with Crippen LogP contribution in [0.2, 0.25) is 5.02 Å². The maximum atomic E-state index is 13.4. The molecule has 3 N–H and O–H groups in total. The van der Waals surface area contributed by atoms with Crippen LogP contribution in [0.25, 0.3) is 5.57 Å². The predicted octanol–water partition coefficient (Wildman–Crippen LogP) is 6.28. The van der Waals surface area contributed by atoms with Crippen LogP contribution < -0.4 is 16.0 Å². The topological polar surface area (TPSA) is 77.0 Å². The molecule has 1 fully saturated rings. The molecule has 0 radical (unpaired) electrons. The number of hydrogen-bond donors (Lipinski definition) is 3. The number of nitrogens with one attached hydrogen (secondary N) is 3. The minimum absolute atomic E-state index is 0.0615. The summed E-state index contributed by atoms with van der Waals surface area (Å²) < 4.78 is 40.2. The fourth-order valence-electron chi connectivity index (χ4n) is 4.77. The molecule has 2 aromatic carbocycles. The van der Waals surface area contributed by atoms with E-state index >= 15 is 0 Å². The highest BCUT2D eigenvalue weighted by Gasteiger charge is 2.36. The summed E-state index contributed by atoms with van der Waals surface area (Å²) in [6.07, 6.45) is 3.35. The van der Waals surface area contributed by atoms with Crippen molar-refractivity contribution in [1.29, 1.82) is 5.26 Å². The van der Waals surface area contributed by atoms with Gasteiger partial charge in [-0.2, -0.15) is 18.4 Å². The van der Waals surface area contributed by atoms with Gasteiger partial charge in [0.15, 0.2) is 0 Å². The van der Waals surface area contributed by atoms with E-state index in [1.165, 1.54) is 6.07 Å². The number of hydrogen-bond acceptors (Lipinski definition) is 3. The summed E-state index contributed by atoms with van der Waals surface area (Å²) in [7, 11) is 0. The van der Waals surface area contributed by atoms with Crippen molar-refractivity contribution in [3.8, 4) is 6.07 Å². The minimum atomic E-state index is -4.65. The van der Waals surface area contributed by atoms with Crippen LogP contribution in [-0.4, -0.2) is 25.7 Å². The smallest absolute Gasteiger partial charge is 0.337 e. The number of urea groups is 1. The van der Waals surface area contributed by atoms with Crippen LogP contribution >= 0.6 is 11.6 Å². The molecule has 5 nitrogen and oxygen atoms in total. The molecule has 1 aliphatic carbocycles. The van der Waals surface area contributed by atoms with Crippen molar-refractivity contribution in [2.45, 2.75) is 30.9 Å². The van der Waals surface area contributed by atoms with E-state index in [0.717, 1.165) is 54.8 Å². The van der Waals surface area contributed by atoms with Gasteiger partial charge < -0.3 is 16.0 Å². The van der Waals surface area contributed by atoms with E-state index in [4.69, 9.17) is 11.6 Å². The Labute approximate surface area is 213 Å². The van der Waals surface area contributed by atoms with Gasteiger partial charge in [-0.3, -0.25) is 0 Å². The van der Waals surface area contributed by atoms with Gasteiger partial charge in [0.2, 0.25) is 0 Å². The van der Waals surface area contributed by atoms with Gasteiger partial charge in [0, 0.05) is 17.0 Å². The van der Waals surface area contributed by atoms with Crippen LogP contribution in [0.5, 0.6) is 0 Å². The number of anilines is 1. The highest BCUT2D eigenvalue weighted by Crippen LogP contribution is 2.37. The molecule has 2 aliphatic rings. The molecular formula is C27H26ClF3N4O. The van der Waals surface area contributed by atoms with Gasteiger partial charge in [0.05, 0.1) is 23.2 Å². The summed E-state index contributed by atoms with van der Waals surface area (Å²) in [6, 6.07) is 13.0. The number of rotatable bonds is 5. The first-order valence-electron chi connectivity index (χ1n) is 11.7. The number of halogens is 4. The van der Waals surface area contributed by atoms with E-state index in [0.29, 0.717) is 6.42 Å². The SMILES string of the molecule is N#CC1C=CC=C(c2ccc(C3(CNC(=O)Nc4ccc(Cl)cc4C(F)(F)F)CCNCC3)cc2)C1. The molecule has 4 rings (SSSR count). The zero-order valence-corrected chi connectivity index (χ0v) is 20.2. The molecular weight excluding hydrogens is 489 g/mol. The lowest BCUT2D eigenvalue weighted by Gasteiger charge is -2.38. The second kappa shape index (κ2) is 10.8. The zero-order valence-electron chi connectivity index (χ0n) is 19.5. The summed E-state index contributed by atoms with van der Waals surface area (Å²) >= 11 is 5.73. The van der Waals surface area contributed by atoms with Gasteiger partial charge >= 0.3 is 12.2 Å². The number of nitriles is 1. The molecule has 2 amide bonds. The first kappa shape index (κ1) is 25.8. The number of piperidine rings is 1. The summed E-state index contributed by atoms with van der Waals surface area (Å²) in [5.41, 5.74) is 1.49. The minimum Gasteiger partial charge on any atom is -0.337 e. The van der Waals surface area contributed by atoms with Crippen molar-refractivity contribution in [3.05, 3.63) is 82.4 Å². The van der Waals surface area contributed by atoms with Crippen LogP contribution in [0.3, 0.4) is 0 Å². The molecule has 9 heteroatoms. The summed E-state index contributed by atoms with van der Waals surface area (Å²) in [6.45, 7) is 1.80. The molecule has 1 saturated heterocycles. The molecule has 36 heavy (non-hydrogen) atoms. The van der Waals surface area contributed by atoms with E-state index in [9.17, 15) is 23.2 Å². The average Bonchev–Trinajstić information content (AvgIpc) is 2.88. The molecule has 1 atom stereocenters. The maximum absolute atomic E-state index is 13.4. The molecule has 0 bridgehead atoms. The molecule has 188 valence electrons. The number of amides is 2. The van der Waals surface area contributed by atoms with Crippen molar-refractivity contribution in [2.24, 2.45) is 5.92 Å². The summed E-state index contributed by atoms with van der Waals surface area (Å²) in [4.78, 5) is 12.6. The second-order valence-electron chi connectivity index (χ2n) is 9.12. The molecule has 1 heterocycles. The Bertz CT molecular complexity index is 1210. The Morgan fingerprint density at radius 3 is 2.56 bits per heavy atom. The first-order chi connectivity index (χ1) is 17.2. The number of carbonyl (C=O) groups is 1. The van der Waals surface area contributed by atoms with E-state index in [-0.39, 0.29) is 28.6 Å². The molecule has 1 unspecified atom stereocenters. The monoisotopic (exact) mass is 514 g/mol. The molecule has 0 saturated carbocycles. The third-order valence-electron chi connectivity index (χ3n) is 6.80. The number of alkyl halides is 3. The van der Waals surface area contributed by atoms with Crippen LogP contribution in [0.15, 0.2) is 60.7 Å². The van der Waals surface area contributed by atoms with Gasteiger partial charge in [-0.25, -0.2) is 4.79 Å².